The minimum absolute atomic E-state index is 0.185. The lowest BCUT2D eigenvalue weighted by atomic mass is 9.92. The number of methoxy groups -OCH3 is 1. The number of ether oxygens (including phenoxy) is 1. The van der Waals surface area contributed by atoms with E-state index in [4.69, 9.17) is 27.9 Å². The molecule has 0 amide bonds. The average molecular weight is 343 g/mol. The summed E-state index contributed by atoms with van der Waals surface area (Å²) in [5, 5.41) is 10.0. The SMILES string of the molecule is COc1c(Cl)cc(CC(C(=O)O)c2ccc(F)cc2)cc1Cl. The molecule has 1 unspecified atom stereocenters. The van der Waals surface area contributed by atoms with Gasteiger partial charge < -0.3 is 9.84 Å². The van der Waals surface area contributed by atoms with E-state index in [2.05, 4.69) is 0 Å². The Morgan fingerprint density at radius 1 is 1.23 bits per heavy atom. The number of benzene rings is 2. The number of hydrogen-bond acceptors (Lipinski definition) is 2. The average Bonchev–Trinajstić information content (AvgIpc) is 2.45. The Morgan fingerprint density at radius 2 is 1.77 bits per heavy atom. The molecular weight excluding hydrogens is 330 g/mol. The summed E-state index contributed by atoms with van der Waals surface area (Å²) in [6.07, 6.45) is 0.185. The van der Waals surface area contributed by atoms with E-state index >= 15 is 0 Å². The summed E-state index contributed by atoms with van der Waals surface area (Å²) in [6.45, 7) is 0. The molecule has 2 rings (SSSR count). The van der Waals surface area contributed by atoms with Crippen molar-refractivity contribution in [3.05, 3.63) is 63.4 Å². The highest BCUT2D eigenvalue weighted by atomic mass is 35.5. The van der Waals surface area contributed by atoms with E-state index < -0.39 is 17.7 Å². The van der Waals surface area contributed by atoms with Gasteiger partial charge in [0.2, 0.25) is 0 Å². The summed E-state index contributed by atoms with van der Waals surface area (Å²) >= 11 is 12.1. The Morgan fingerprint density at radius 3 is 2.23 bits per heavy atom. The van der Waals surface area contributed by atoms with Crippen LogP contribution in [0.5, 0.6) is 5.75 Å². The Kier molecular flexibility index (Phi) is 5.27. The first-order valence-corrected chi connectivity index (χ1v) is 7.18. The van der Waals surface area contributed by atoms with Gasteiger partial charge >= 0.3 is 5.97 Å². The van der Waals surface area contributed by atoms with Crippen molar-refractivity contribution in [1.29, 1.82) is 0 Å². The molecule has 3 nitrogen and oxygen atoms in total. The molecule has 2 aromatic carbocycles. The molecule has 0 bridgehead atoms. The minimum atomic E-state index is -1.00. The van der Waals surface area contributed by atoms with Crippen molar-refractivity contribution in [3.8, 4) is 5.75 Å². The standard InChI is InChI=1S/C16H13Cl2FO3/c1-22-15-13(17)7-9(8-14(15)18)6-12(16(20)21)10-2-4-11(19)5-3-10/h2-5,7-8,12H,6H2,1H3,(H,20,21). The van der Waals surface area contributed by atoms with E-state index in [1.54, 1.807) is 12.1 Å². The third kappa shape index (κ3) is 3.70. The monoisotopic (exact) mass is 342 g/mol. The molecule has 1 atom stereocenters. The van der Waals surface area contributed by atoms with Gasteiger partial charge in [0.1, 0.15) is 5.82 Å². The Hall–Kier alpha value is -1.78. The van der Waals surface area contributed by atoms with E-state index in [-0.39, 0.29) is 6.42 Å². The van der Waals surface area contributed by atoms with E-state index in [9.17, 15) is 14.3 Å². The van der Waals surface area contributed by atoms with Gasteiger partial charge in [-0.25, -0.2) is 4.39 Å². The summed E-state index contributed by atoms with van der Waals surface area (Å²) in [7, 11) is 1.45. The van der Waals surface area contributed by atoms with Crippen LogP contribution in [-0.2, 0) is 11.2 Å². The van der Waals surface area contributed by atoms with Gasteiger partial charge in [-0.1, -0.05) is 35.3 Å². The molecule has 0 heterocycles. The molecule has 0 aliphatic carbocycles. The second-order valence-electron chi connectivity index (χ2n) is 4.74. The predicted molar refractivity (Wildman–Crippen MR) is 83.5 cm³/mol. The van der Waals surface area contributed by atoms with Crippen molar-refractivity contribution < 1.29 is 19.0 Å². The second-order valence-corrected chi connectivity index (χ2v) is 5.55. The first kappa shape index (κ1) is 16.6. The van der Waals surface area contributed by atoms with Gasteiger partial charge in [-0.3, -0.25) is 4.79 Å². The second kappa shape index (κ2) is 6.99. The highest BCUT2D eigenvalue weighted by molar-refractivity contribution is 6.37. The highest BCUT2D eigenvalue weighted by Crippen LogP contribution is 2.35. The van der Waals surface area contributed by atoms with Crippen molar-refractivity contribution >= 4 is 29.2 Å². The molecule has 0 spiro atoms. The molecule has 0 aliphatic heterocycles. The molecule has 1 N–H and O–H groups in total. The van der Waals surface area contributed by atoms with E-state index in [0.29, 0.717) is 26.9 Å². The Balaban J connectivity index is 2.33. The van der Waals surface area contributed by atoms with Crippen molar-refractivity contribution in [2.75, 3.05) is 7.11 Å². The zero-order valence-electron chi connectivity index (χ0n) is 11.6. The first-order chi connectivity index (χ1) is 10.4. The smallest absolute Gasteiger partial charge is 0.311 e. The number of halogens is 3. The molecule has 6 heteroatoms. The molecule has 0 aliphatic rings. The summed E-state index contributed by atoms with van der Waals surface area (Å²) in [6, 6.07) is 8.62. The zero-order chi connectivity index (χ0) is 16.3. The van der Waals surface area contributed by atoms with Crippen molar-refractivity contribution in [3.63, 3.8) is 0 Å². The van der Waals surface area contributed by atoms with Crippen LogP contribution >= 0.6 is 23.2 Å². The largest absolute Gasteiger partial charge is 0.494 e. The maximum atomic E-state index is 13.0. The van der Waals surface area contributed by atoms with E-state index in [0.717, 1.165) is 0 Å². The van der Waals surface area contributed by atoms with Crippen molar-refractivity contribution in [2.45, 2.75) is 12.3 Å². The minimum Gasteiger partial charge on any atom is -0.494 e. The van der Waals surface area contributed by atoms with Crippen LogP contribution in [0.15, 0.2) is 36.4 Å². The third-order valence-electron chi connectivity index (χ3n) is 3.27. The van der Waals surface area contributed by atoms with E-state index in [1.165, 1.54) is 31.4 Å². The third-order valence-corrected chi connectivity index (χ3v) is 3.83. The molecule has 0 aromatic heterocycles. The van der Waals surface area contributed by atoms with Gasteiger partial charge in [-0.05, 0) is 41.8 Å². The predicted octanol–water partition coefficient (Wildman–Crippen LogP) is 4.55. The lowest BCUT2D eigenvalue weighted by Crippen LogP contribution is -2.14. The molecular formula is C16H13Cl2FO3. The summed E-state index contributed by atoms with van der Waals surface area (Å²) in [4.78, 5) is 11.5. The lowest BCUT2D eigenvalue weighted by molar-refractivity contribution is -0.138. The number of carbonyl (C=O) groups is 1. The Labute approximate surface area is 137 Å². The fraction of sp³-hybridized carbons (Fsp3) is 0.188. The quantitative estimate of drug-likeness (QED) is 0.866. The van der Waals surface area contributed by atoms with Crippen molar-refractivity contribution in [2.24, 2.45) is 0 Å². The topological polar surface area (TPSA) is 46.5 Å². The number of carboxylic acid groups (broad SMARTS) is 1. The number of rotatable bonds is 5. The van der Waals surface area contributed by atoms with Gasteiger partial charge in [0.25, 0.3) is 0 Å². The lowest BCUT2D eigenvalue weighted by Gasteiger charge is -2.14. The van der Waals surface area contributed by atoms with E-state index in [1.807, 2.05) is 0 Å². The van der Waals surface area contributed by atoms with Crippen LogP contribution in [0.3, 0.4) is 0 Å². The van der Waals surface area contributed by atoms with Crippen LogP contribution in [0.4, 0.5) is 4.39 Å². The van der Waals surface area contributed by atoms with Crippen LogP contribution in [0, 0.1) is 5.82 Å². The summed E-state index contributed by atoms with van der Waals surface area (Å²) < 4.78 is 18.0. The van der Waals surface area contributed by atoms with Gasteiger partial charge in [0.15, 0.2) is 5.75 Å². The van der Waals surface area contributed by atoms with Gasteiger partial charge in [-0.2, -0.15) is 0 Å². The Bertz CT molecular complexity index is 663. The van der Waals surface area contributed by atoms with Crippen LogP contribution < -0.4 is 4.74 Å². The molecule has 0 fully saturated rings. The van der Waals surface area contributed by atoms with Crippen LogP contribution in [0.1, 0.15) is 17.0 Å². The molecule has 2 aromatic rings. The van der Waals surface area contributed by atoms with Gasteiger partial charge in [0.05, 0.1) is 23.1 Å². The number of aliphatic carboxylic acids is 1. The highest BCUT2D eigenvalue weighted by Gasteiger charge is 2.21. The maximum absolute atomic E-state index is 13.0. The molecule has 0 saturated heterocycles. The van der Waals surface area contributed by atoms with Gasteiger partial charge in [0, 0.05) is 0 Å². The normalized spacial score (nSPS) is 12.0. The summed E-state index contributed by atoms with van der Waals surface area (Å²) in [5.74, 6) is -1.89. The summed E-state index contributed by atoms with van der Waals surface area (Å²) in [5.41, 5.74) is 1.17. The van der Waals surface area contributed by atoms with Crippen molar-refractivity contribution in [1.82, 2.24) is 0 Å². The van der Waals surface area contributed by atoms with Crippen LogP contribution in [-0.4, -0.2) is 18.2 Å². The molecule has 116 valence electrons. The number of hydrogen-bond donors (Lipinski definition) is 1. The fourth-order valence-corrected chi connectivity index (χ4v) is 2.89. The number of carboxylic acids is 1. The van der Waals surface area contributed by atoms with Crippen LogP contribution in [0.2, 0.25) is 10.0 Å². The molecule has 0 radical (unpaired) electrons. The maximum Gasteiger partial charge on any atom is 0.311 e. The molecule has 22 heavy (non-hydrogen) atoms. The first-order valence-electron chi connectivity index (χ1n) is 6.42. The van der Waals surface area contributed by atoms with Gasteiger partial charge in [-0.15, -0.1) is 0 Å². The zero-order valence-corrected chi connectivity index (χ0v) is 13.2. The van der Waals surface area contributed by atoms with Crippen LogP contribution in [0.25, 0.3) is 0 Å². The molecule has 0 saturated carbocycles. The fourth-order valence-electron chi connectivity index (χ4n) is 2.20.